The fraction of sp³-hybridized carbons (Fsp3) is 0.625. The number of aliphatic hydroxyl groups is 1. The number of imidazole rings is 1. The topological polar surface area (TPSA) is 38.1 Å². The lowest BCUT2D eigenvalue weighted by Gasteiger charge is -1.99. The number of hydrogen-bond acceptors (Lipinski definition) is 2. The van der Waals surface area contributed by atoms with Crippen LogP contribution in [-0.2, 0) is 13.0 Å². The predicted molar refractivity (Wildman–Crippen MR) is 48.0 cm³/mol. The van der Waals surface area contributed by atoms with Gasteiger partial charge in [-0.15, -0.1) is 0 Å². The molecule has 0 amide bonds. The summed E-state index contributed by atoms with van der Waals surface area (Å²) in [5.41, 5.74) is 0.655. The molecule has 0 aromatic carbocycles. The van der Waals surface area contributed by atoms with E-state index in [-0.39, 0.29) is 6.61 Å². The first kappa shape index (κ1) is 9.55. The van der Waals surface area contributed by atoms with E-state index in [0.717, 1.165) is 25.1 Å². The molecule has 0 fully saturated rings. The predicted octanol–water partition coefficient (Wildman–Crippen LogP) is 1.72. The van der Waals surface area contributed by atoms with Gasteiger partial charge in [0, 0.05) is 18.2 Å². The molecule has 0 bridgehead atoms. The number of unbranched alkanes of at least 4 members (excludes halogenated alkanes) is 1. The van der Waals surface area contributed by atoms with Gasteiger partial charge in [-0.3, -0.25) is 0 Å². The van der Waals surface area contributed by atoms with E-state index in [4.69, 9.17) is 16.9 Å². The van der Waals surface area contributed by atoms with Gasteiger partial charge >= 0.3 is 0 Å². The van der Waals surface area contributed by atoms with E-state index < -0.39 is 0 Å². The standard InChI is InChI=1S/C8H13ClN2O/c1-2-3-4-8-10-5-7(6-12)11(8)9/h5,12H,2-4,6H2,1H3. The van der Waals surface area contributed by atoms with E-state index in [9.17, 15) is 0 Å². The first-order chi connectivity index (χ1) is 5.79. The number of aliphatic hydroxyl groups excluding tert-OH is 1. The number of rotatable bonds is 4. The second kappa shape index (κ2) is 4.48. The van der Waals surface area contributed by atoms with Crippen LogP contribution in [0.2, 0.25) is 0 Å². The summed E-state index contributed by atoms with van der Waals surface area (Å²) in [6, 6.07) is 0. The summed E-state index contributed by atoms with van der Waals surface area (Å²) >= 11 is 5.85. The summed E-state index contributed by atoms with van der Waals surface area (Å²) in [6.45, 7) is 2.07. The highest BCUT2D eigenvalue weighted by Crippen LogP contribution is 2.10. The Bertz CT molecular complexity index is 247. The van der Waals surface area contributed by atoms with Crippen LogP contribution in [0.1, 0.15) is 31.3 Å². The minimum Gasteiger partial charge on any atom is -0.390 e. The second-order valence-electron chi connectivity index (χ2n) is 2.71. The van der Waals surface area contributed by atoms with E-state index in [1.54, 1.807) is 6.20 Å². The van der Waals surface area contributed by atoms with Crippen molar-refractivity contribution in [1.82, 2.24) is 9.07 Å². The van der Waals surface area contributed by atoms with Crippen molar-refractivity contribution in [2.45, 2.75) is 32.8 Å². The molecular weight excluding hydrogens is 176 g/mol. The molecule has 1 aromatic heterocycles. The molecule has 0 saturated heterocycles. The molecule has 1 heterocycles. The fourth-order valence-electron chi connectivity index (χ4n) is 1.02. The van der Waals surface area contributed by atoms with Crippen molar-refractivity contribution in [3.8, 4) is 0 Å². The molecule has 68 valence electrons. The zero-order valence-electron chi connectivity index (χ0n) is 7.13. The average Bonchev–Trinajstić information content (AvgIpc) is 2.43. The van der Waals surface area contributed by atoms with Crippen LogP contribution in [0.3, 0.4) is 0 Å². The molecule has 0 aliphatic carbocycles. The lowest BCUT2D eigenvalue weighted by atomic mass is 10.2. The molecule has 0 aliphatic heterocycles. The number of halogens is 1. The van der Waals surface area contributed by atoms with Crippen LogP contribution in [-0.4, -0.2) is 14.2 Å². The Hall–Kier alpha value is -0.540. The van der Waals surface area contributed by atoms with E-state index in [0.29, 0.717) is 5.69 Å². The van der Waals surface area contributed by atoms with Crippen LogP contribution < -0.4 is 0 Å². The largest absolute Gasteiger partial charge is 0.390 e. The first-order valence-corrected chi connectivity index (χ1v) is 4.46. The van der Waals surface area contributed by atoms with Gasteiger partial charge in [0.1, 0.15) is 5.82 Å². The van der Waals surface area contributed by atoms with Crippen LogP contribution in [0.25, 0.3) is 0 Å². The SMILES string of the molecule is CCCCc1ncc(CO)n1Cl. The molecule has 1 rings (SSSR count). The van der Waals surface area contributed by atoms with Crippen molar-refractivity contribution in [1.29, 1.82) is 0 Å². The van der Waals surface area contributed by atoms with Crippen molar-refractivity contribution in [3.05, 3.63) is 17.7 Å². The Morgan fingerprint density at radius 3 is 2.92 bits per heavy atom. The van der Waals surface area contributed by atoms with Gasteiger partial charge in [0.2, 0.25) is 0 Å². The normalized spacial score (nSPS) is 10.6. The lowest BCUT2D eigenvalue weighted by Crippen LogP contribution is -1.96. The fourth-order valence-corrected chi connectivity index (χ4v) is 1.24. The van der Waals surface area contributed by atoms with Gasteiger partial charge < -0.3 is 5.11 Å². The zero-order valence-corrected chi connectivity index (χ0v) is 7.88. The number of hydrogen-bond donors (Lipinski definition) is 1. The number of aryl methyl sites for hydroxylation is 1. The van der Waals surface area contributed by atoms with Gasteiger partial charge in [-0.1, -0.05) is 13.3 Å². The second-order valence-corrected chi connectivity index (χ2v) is 3.05. The third kappa shape index (κ3) is 1.99. The van der Waals surface area contributed by atoms with Crippen molar-refractivity contribution in [2.24, 2.45) is 0 Å². The zero-order chi connectivity index (χ0) is 8.97. The highest BCUT2D eigenvalue weighted by Gasteiger charge is 2.05. The monoisotopic (exact) mass is 188 g/mol. The van der Waals surface area contributed by atoms with Crippen molar-refractivity contribution < 1.29 is 5.11 Å². The molecule has 0 radical (unpaired) electrons. The smallest absolute Gasteiger partial charge is 0.123 e. The van der Waals surface area contributed by atoms with E-state index in [2.05, 4.69) is 11.9 Å². The molecule has 3 nitrogen and oxygen atoms in total. The summed E-state index contributed by atoms with van der Waals surface area (Å²) in [5.74, 6) is 0.836. The first-order valence-electron chi connectivity index (χ1n) is 4.12. The Morgan fingerprint density at radius 1 is 1.67 bits per heavy atom. The Labute approximate surface area is 77.1 Å². The molecule has 0 spiro atoms. The maximum atomic E-state index is 8.81. The molecule has 1 N–H and O–H groups in total. The Morgan fingerprint density at radius 2 is 2.42 bits per heavy atom. The van der Waals surface area contributed by atoms with Crippen molar-refractivity contribution in [3.63, 3.8) is 0 Å². The third-order valence-electron chi connectivity index (χ3n) is 1.76. The maximum Gasteiger partial charge on any atom is 0.123 e. The van der Waals surface area contributed by atoms with Crippen LogP contribution in [0.4, 0.5) is 0 Å². The van der Waals surface area contributed by atoms with Gasteiger partial charge in [-0.25, -0.2) is 9.07 Å². The highest BCUT2D eigenvalue weighted by atomic mass is 35.5. The summed E-state index contributed by atoms with van der Waals surface area (Å²) in [6.07, 6.45) is 4.69. The van der Waals surface area contributed by atoms with E-state index in [1.165, 1.54) is 4.09 Å². The van der Waals surface area contributed by atoms with E-state index >= 15 is 0 Å². The molecule has 0 aliphatic rings. The number of nitrogens with zero attached hydrogens (tertiary/aromatic N) is 2. The lowest BCUT2D eigenvalue weighted by molar-refractivity contribution is 0.276. The molecular formula is C8H13ClN2O. The number of aromatic nitrogens is 2. The molecule has 0 saturated carbocycles. The summed E-state index contributed by atoms with van der Waals surface area (Å²) in [4.78, 5) is 4.10. The summed E-state index contributed by atoms with van der Waals surface area (Å²) in [5, 5.41) is 8.81. The third-order valence-corrected chi connectivity index (χ3v) is 2.17. The minimum atomic E-state index is -0.0530. The van der Waals surface area contributed by atoms with Crippen LogP contribution in [0.15, 0.2) is 6.20 Å². The van der Waals surface area contributed by atoms with Crippen molar-refractivity contribution in [2.75, 3.05) is 0 Å². The highest BCUT2D eigenvalue weighted by molar-refractivity contribution is 6.16. The minimum absolute atomic E-state index is 0.0530. The van der Waals surface area contributed by atoms with Gasteiger partial charge in [0.25, 0.3) is 0 Å². The average molecular weight is 189 g/mol. The molecule has 1 aromatic rings. The van der Waals surface area contributed by atoms with E-state index in [1.807, 2.05) is 0 Å². The Balaban J connectivity index is 2.66. The van der Waals surface area contributed by atoms with Crippen LogP contribution >= 0.6 is 11.8 Å². The van der Waals surface area contributed by atoms with Gasteiger partial charge in [-0.2, -0.15) is 0 Å². The molecule has 12 heavy (non-hydrogen) atoms. The van der Waals surface area contributed by atoms with Crippen LogP contribution in [0.5, 0.6) is 0 Å². The summed E-state index contributed by atoms with van der Waals surface area (Å²) in [7, 11) is 0. The maximum absolute atomic E-state index is 8.81. The molecule has 4 heteroatoms. The molecule has 0 unspecified atom stereocenters. The van der Waals surface area contributed by atoms with Gasteiger partial charge in [0.15, 0.2) is 0 Å². The Kier molecular flexibility index (Phi) is 3.56. The van der Waals surface area contributed by atoms with Crippen molar-refractivity contribution >= 4 is 11.8 Å². The quantitative estimate of drug-likeness (QED) is 0.782. The van der Waals surface area contributed by atoms with Gasteiger partial charge in [-0.05, 0) is 6.42 Å². The summed E-state index contributed by atoms with van der Waals surface area (Å²) < 4.78 is 1.44. The van der Waals surface area contributed by atoms with Crippen LogP contribution in [0, 0.1) is 0 Å². The molecule has 0 atom stereocenters. The van der Waals surface area contributed by atoms with Gasteiger partial charge in [0.05, 0.1) is 18.5 Å².